The number of fused-ring (bicyclic) bond motifs is 1. The number of nitrogens with zero attached hydrogens (tertiary/aromatic N) is 4. The van der Waals surface area contributed by atoms with Crippen LogP contribution in [0.4, 0.5) is 11.5 Å². The Kier molecular flexibility index (Phi) is 6.40. The van der Waals surface area contributed by atoms with Gasteiger partial charge in [-0.3, -0.25) is 14.9 Å². The molecule has 0 saturated carbocycles. The van der Waals surface area contributed by atoms with Gasteiger partial charge in [-0.2, -0.15) is 0 Å². The summed E-state index contributed by atoms with van der Waals surface area (Å²) in [5.41, 5.74) is 1.53. The van der Waals surface area contributed by atoms with Crippen molar-refractivity contribution in [3.8, 4) is 17.2 Å². The Morgan fingerprint density at radius 3 is 2.24 bits per heavy atom. The zero-order valence-electron chi connectivity index (χ0n) is 19.5. The second-order valence-electron chi connectivity index (χ2n) is 7.91. The third-order valence-electron chi connectivity index (χ3n) is 6.04. The highest BCUT2D eigenvalue weighted by Gasteiger charge is 2.30. The number of carbonyl (C=O) groups excluding carboxylic acids is 1. The van der Waals surface area contributed by atoms with Crippen molar-refractivity contribution in [1.29, 1.82) is 0 Å². The van der Waals surface area contributed by atoms with Crippen molar-refractivity contribution in [2.45, 2.75) is 6.92 Å². The van der Waals surface area contributed by atoms with Crippen LogP contribution in [-0.2, 0) is 0 Å². The van der Waals surface area contributed by atoms with Gasteiger partial charge in [0, 0.05) is 37.6 Å². The summed E-state index contributed by atoms with van der Waals surface area (Å²) in [6.07, 6.45) is 0. The third kappa shape index (κ3) is 4.14. The minimum Gasteiger partial charge on any atom is -0.494 e. The molecule has 0 spiro atoms. The molecular formula is C24H26N4O6. The van der Waals surface area contributed by atoms with Crippen LogP contribution in [0.2, 0.25) is 0 Å². The summed E-state index contributed by atoms with van der Waals surface area (Å²) in [7, 11) is 4.43. The van der Waals surface area contributed by atoms with Crippen LogP contribution in [0.3, 0.4) is 0 Å². The second kappa shape index (κ2) is 9.42. The molecule has 1 fully saturated rings. The standard InChI is InChI=1S/C24H26N4O6/c1-15-12-22(25-23-16(15)6-5-7-19(23)32-2)26-8-10-27(11-9-26)24(29)17-13-20(33-3)21(34-4)14-18(17)28(30)31/h5-7,12-14H,8-11H2,1-4H3. The Labute approximate surface area is 196 Å². The molecule has 0 N–H and O–H groups in total. The van der Waals surface area contributed by atoms with Gasteiger partial charge in [-0.15, -0.1) is 0 Å². The fourth-order valence-corrected chi connectivity index (χ4v) is 4.20. The molecule has 3 aromatic rings. The van der Waals surface area contributed by atoms with Gasteiger partial charge in [0.25, 0.3) is 11.6 Å². The van der Waals surface area contributed by atoms with Crippen molar-refractivity contribution in [1.82, 2.24) is 9.88 Å². The lowest BCUT2D eigenvalue weighted by Crippen LogP contribution is -2.49. The molecule has 0 bridgehead atoms. The predicted molar refractivity (Wildman–Crippen MR) is 127 cm³/mol. The first kappa shape index (κ1) is 23.1. The van der Waals surface area contributed by atoms with Crippen LogP contribution in [0.25, 0.3) is 10.9 Å². The van der Waals surface area contributed by atoms with Gasteiger partial charge in [0.15, 0.2) is 11.5 Å². The lowest BCUT2D eigenvalue weighted by molar-refractivity contribution is -0.385. The Bertz CT molecular complexity index is 1250. The quantitative estimate of drug-likeness (QED) is 0.402. The van der Waals surface area contributed by atoms with E-state index in [0.29, 0.717) is 31.9 Å². The molecule has 1 aliphatic rings. The van der Waals surface area contributed by atoms with Crippen molar-refractivity contribution in [3.63, 3.8) is 0 Å². The fourth-order valence-electron chi connectivity index (χ4n) is 4.20. The number of aromatic nitrogens is 1. The maximum atomic E-state index is 13.2. The molecule has 1 aliphatic heterocycles. The number of benzene rings is 2. The summed E-state index contributed by atoms with van der Waals surface area (Å²) in [6, 6.07) is 10.4. The Balaban J connectivity index is 1.57. The van der Waals surface area contributed by atoms with Crippen LogP contribution >= 0.6 is 0 Å². The summed E-state index contributed by atoms with van der Waals surface area (Å²) < 4.78 is 15.9. The van der Waals surface area contributed by atoms with Crippen molar-refractivity contribution < 1.29 is 23.9 Å². The molecule has 0 aliphatic carbocycles. The number of rotatable bonds is 6. The Hall–Kier alpha value is -4.08. The van der Waals surface area contributed by atoms with Crippen LogP contribution < -0.4 is 19.1 Å². The van der Waals surface area contributed by atoms with Crippen molar-refractivity contribution in [2.75, 3.05) is 52.4 Å². The van der Waals surface area contributed by atoms with E-state index in [1.165, 1.54) is 26.4 Å². The average molecular weight is 466 g/mol. The van der Waals surface area contributed by atoms with E-state index < -0.39 is 10.8 Å². The lowest BCUT2D eigenvalue weighted by atomic mass is 10.1. The number of ether oxygens (including phenoxy) is 3. The van der Waals surface area contributed by atoms with E-state index in [9.17, 15) is 14.9 Å². The van der Waals surface area contributed by atoms with Gasteiger partial charge >= 0.3 is 0 Å². The maximum absolute atomic E-state index is 13.2. The predicted octanol–water partition coefficient (Wildman–Crippen LogP) is 3.44. The number of hydrogen-bond acceptors (Lipinski definition) is 8. The van der Waals surface area contributed by atoms with Gasteiger partial charge in [0.2, 0.25) is 0 Å². The number of methoxy groups -OCH3 is 3. The highest BCUT2D eigenvalue weighted by molar-refractivity contribution is 5.99. The lowest BCUT2D eigenvalue weighted by Gasteiger charge is -2.35. The highest BCUT2D eigenvalue weighted by atomic mass is 16.6. The van der Waals surface area contributed by atoms with Gasteiger partial charge in [-0.1, -0.05) is 12.1 Å². The van der Waals surface area contributed by atoms with Crippen molar-refractivity contribution >= 4 is 28.3 Å². The second-order valence-corrected chi connectivity index (χ2v) is 7.91. The minimum atomic E-state index is -0.583. The Morgan fingerprint density at radius 2 is 1.62 bits per heavy atom. The first-order valence-corrected chi connectivity index (χ1v) is 10.8. The molecule has 0 radical (unpaired) electrons. The monoisotopic (exact) mass is 466 g/mol. The minimum absolute atomic E-state index is 0.0273. The van der Waals surface area contributed by atoms with Crippen LogP contribution in [0, 0.1) is 17.0 Å². The molecule has 2 heterocycles. The van der Waals surface area contributed by atoms with Crippen LogP contribution in [-0.4, -0.2) is 68.2 Å². The summed E-state index contributed by atoms with van der Waals surface area (Å²) in [6.45, 7) is 3.91. The van der Waals surface area contributed by atoms with E-state index in [2.05, 4.69) is 4.90 Å². The molecule has 10 heteroatoms. The SMILES string of the molecule is COc1cc(C(=O)N2CCN(c3cc(C)c4cccc(OC)c4n3)CC2)c([N+](=O)[O-])cc1OC. The molecule has 178 valence electrons. The van der Waals surface area contributed by atoms with Crippen LogP contribution in [0.15, 0.2) is 36.4 Å². The zero-order chi connectivity index (χ0) is 24.4. The number of nitro benzene ring substituents is 1. The molecule has 4 rings (SSSR count). The molecule has 1 aromatic heterocycles. The molecule has 1 saturated heterocycles. The van der Waals surface area contributed by atoms with E-state index in [1.807, 2.05) is 31.2 Å². The highest BCUT2D eigenvalue weighted by Crippen LogP contribution is 2.35. The number of carbonyl (C=O) groups is 1. The Morgan fingerprint density at radius 1 is 0.971 bits per heavy atom. The maximum Gasteiger partial charge on any atom is 0.286 e. The van der Waals surface area contributed by atoms with Gasteiger partial charge in [-0.05, 0) is 24.6 Å². The van der Waals surface area contributed by atoms with Crippen molar-refractivity contribution in [2.24, 2.45) is 0 Å². The van der Waals surface area contributed by atoms with Gasteiger partial charge < -0.3 is 24.0 Å². The van der Waals surface area contributed by atoms with E-state index in [0.717, 1.165) is 22.3 Å². The summed E-state index contributed by atoms with van der Waals surface area (Å²) >= 11 is 0. The molecule has 34 heavy (non-hydrogen) atoms. The van der Waals surface area contributed by atoms with E-state index in [1.54, 1.807) is 12.0 Å². The molecule has 1 amide bonds. The molecule has 0 unspecified atom stereocenters. The smallest absolute Gasteiger partial charge is 0.286 e. The molecular weight excluding hydrogens is 440 g/mol. The summed E-state index contributed by atoms with van der Waals surface area (Å²) in [5.74, 6) is 1.55. The van der Waals surface area contributed by atoms with Gasteiger partial charge in [-0.25, -0.2) is 4.98 Å². The normalized spacial score (nSPS) is 13.6. The van der Waals surface area contributed by atoms with Crippen molar-refractivity contribution in [3.05, 3.63) is 57.6 Å². The number of amides is 1. The van der Waals surface area contributed by atoms with Gasteiger partial charge in [0.1, 0.15) is 22.6 Å². The number of piperazine rings is 1. The summed E-state index contributed by atoms with van der Waals surface area (Å²) in [5, 5.41) is 12.6. The number of anilines is 1. The number of para-hydroxylation sites is 1. The topological polar surface area (TPSA) is 107 Å². The van der Waals surface area contributed by atoms with E-state index in [-0.39, 0.29) is 22.7 Å². The average Bonchev–Trinajstić information content (AvgIpc) is 2.87. The first-order chi connectivity index (χ1) is 16.4. The summed E-state index contributed by atoms with van der Waals surface area (Å²) in [4.78, 5) is 32.8. The molecule has 0 atom stereocenters. The number of nitro groups is 1. The third-order valence-corrected chi connectivity index (χ3v) is 6.04. The molecule has 2 aromatic carbocycles. The van der Waals surface area contributed by atoms with Crippen LogP contribution in [0.5, 0.6) is 17.2 Å². The fraction of sp³-hybridized carbons (Fsp3) is 0.333. The number of hydrogen-bond donors (Lipinski definition) is 0. The van der Waals surface area contributed by atoms with Gasteiger partial charge in [0.05, 0.1) is 32.3 Å². The zero-order valence-corrected chi connectivity index (χ0v) is 19.5. The number of aryl methyl sites for hydroxylation is 1. The molecule has 10 nitrogen and oxygen atoms in total. The van der Waals surface area contributed by atoms with E-state index in [4.69, 9.17) is 19.2 Å². The largest absolute Gasteiger partial charge is 0.494 e. The number of pyridine rings is 1. The first-order valence-electron chi connectivity index (χ1n) is 10.8. The van der Waals surface area contributed by atoms with Crippen LogP contribution in [0.1, 0.15) is 15.9 Å². The van der Waals surface area contributed by atoms with E-state index >= 15 is 0 Å².